The maximum absolute atomic E-state index is 2.30. The molecule has 0 aliphatic heterocycles. The summed E-state index contributed by atoms with van der Waals surface area (Å²) < 4.78 is 0. The average molecular weight is 109 g/mol. The van der Waals surface area contributed by atoms with Crippen LogP contribution in [0.5, 0.6) is 0 Å². The van der Waals surface area contributed by atoms with Crippen molar-refractivity contribution in [1.82, 2.24) is 0 Å². The van der Waals surface area contributed by atoms with E-state index in [9.17, 15) is 0 Å². The summed E-state index contributed by atoms with van der Waals surface area (Å²) in [5, 5.41) is 0. The molecule has 0 amide bonds. The van der Waals surface area contributed by atoms with Gasteiger partial charge in [0, 0.05) is 0 Å². The Hall–Kier alpha value is -0.260. The fraction of sp³-hybridized carbons (Fsp3) is 0.625. The highest BCUT2D eigenvalue weighted by molar-refractivity contribution is 5.10. The third kappa shape index (κ3) is 1.36. The van der Waals surface area contributed by atoms with E-state index in [2.05, 4.69) is 26.3 Å². The zero-order valence-corrected chi connectivity index (χ0v) is 5.65. The molecule has 1 aliphatic rings. The van der Waals surface area contributed by atoms with E-state index in [1.807, 2.05) is 0 Å². The van der Waals surface area contributed by atoms with Crippen LogP contribution in [0.3, 0.4) is 0 Å². The number of hydrogen-bond acceptors (Lipinski definition) is 0. The lowest BCUT2D eigenvalue weighted by atomic mass is 9.91. The van der Waals surface area contributed by atoms with E-state index in [1.165, 1.54) is 18.4 Å². The lowest BCUT2D eigenvalue weighted by Gasteiger charge is -2.14. The molecule has 0 saturated carbocycles. The molecular formula is C8H13. The summed E-state index contributed by atoms with van der Waals surface area (Å²) in [7, 11) is 0. The van der Waals surface area contributed by atoms with Crippen LogP contribution in [0.2, 0.25) is 0 Å². The van der Waals surface area contributed by atoms with Crippen LogP contribution in [0.1, 0.15) is 26.7 Å². The van der Waals surface area contributed by atoms with Gasteiger partial charge in [0.05, 0.1) is 0 Å². The molecule has 0 heteroatoms. The van der Waals surface area contributed by atoms with Crippen molar-refractivity contribution in [3.05, 3.63) is 18.1 Å². The lowest BCUT2D eigenvalue weighted by Crippen LogP contribution is -2.00. The highest BCUT2D eigenvalue weighted by atomic mass is 14.1. The first-order valence-corrected chi connectivity index (χ1v) is 3.28. The van der Waals surface area contributed by atoms with Gasteiger partial charge in [0.15, 0.2) is 0 Å². The van der Waals surface area contributed by atoms with E-state index in [0.29, 0.717) is 0 Å². The maximum Gasteiger partial charge on any atom is -0.0165 e. The maximum atomic E-state index is 2.30. The third-order valence-electron chi connectivity index (χ3n) is 1.61. The van der Waals surface area contributed by atoms with Gasteiger partial charge >= 0.3 is 0 Å². The minimum atomic E-state index is 0.889. The van der Waals surface area contributed by atoms with Crippen LogP contribution < -0.4 is 0 Å². The molecule has 0 aromatic heterocycles. The largest absolute Gasteiger partial charge is 0.0819 e. The predicted molar refractivity (Wildman–Crippen MR) is 36.5 cm³/mol. The molecule has 0 aromatic carbocycles. The average Bonchev–Trinajstić information content (AvgIpc) is 1.64. The van der Waals surface area contributed by atoms with E-state index in [-0.39, 0.29) is 0 Å². The van der Waals surface area contributed by atoms with E-state index in [1.54, 1.807) is 0 Å². The van der Waals surface area contributed by atoms with Crippen molar-refractivity contribution < 1.29 is 0 Å². The minimum absolute atomic E-state index is 0.889. The van der Waals surface area contributed by atoms with Gasteiger partial charge in [-0.1, -0.05) is 18.6 Å². The van der Waals surface area contributed by atoms with Crippen molar-refractivity contribution in [1.29, 1.82) is 0 Å². The normalized spacial score (nSPS) is 29.8. The van der Waals surface area contributed by atoms with Crippen LogP contribution in [-0.2, 0) is 0 Å². The zero-order valence-electron chi connectivity index (χ0n) is 5.65. The van der Waals surface area contributed by atoms with Crippen molar-refractivity contribution in [3.8, 4) is 0 Å². The summed E-state index contributed by atoms with van der Waals surface area (Å²) in [6, 6.07) is 0. The molecule has 0 aromatic rings. The molecule has 45 valence electrons. The molecule has 8 heavy (non-hydrogen) atoms. The molecule has 1 unspecified atom stereocenters. The standard InChI is InChI=1S/C8H13/c1-7-4-3-5-8(2)6-7/h3-4,8H,5-6H2,1-2H3. The van der Waals surface area contributed by atoms with Crippen LogP contribution in [0.25, 0.3) is 0 Å². The van der Waals surface area contributed by atoms with Crippen molar-refractivity contribution in [2.24, 2.45) is 5.92 Å². The van der Waals surface area contributed by atoms with Gasteiger partial charge in [-0.3, -0.25) is 0 Å². The molecule has 0 spiro atoms. The van der Waals surface area contributed by atoms with Crippen molar-refractivity contribution in [3.63, 3.8) is 0 Å². The van der Waals surface area contributed by atoms with Crippen LogP contribution in [0, 0.1) is 12.3 Å². The van der Waals surface area contributed by atoms with Gasteiger partial charge in [0.1, 0.15) is 0 Å². The monoisotopic (exact) mass is 109 g/mol. The van der Waals surface area contributed by atoms with E-state index >= 15 is 0 Å². The first-order chi connectivity index (χ1) is 3.79. The number of rotatable bonds is 0. The van der Waals surface area contributed by atoms with Crippen LogP contribution in [0.15, 0.2) is 11.6 Å². The molecule has 1 aliphatic carbocycles. The fourth-order valence-corrected chi connectivity index (χ4v) is 1.20. The highest BCUT2D eigenvalue weighted by Gasteiger charge is 2.06. The summed E-state index contributed by atoms with van der Waals surface area (Å²) >= 11 is 0. The van der Waals surface area contributed by atoms with Crippen molar-refractivity contribution >= 4 is 0 Å². The van der Waals surface area contributed by atoms with Crippen LogP contribution in [-0.4, -0.2) is 0 Å². The fourth-order valence-electron chi connectivity index (χ4n) is 1.20. The summed E-state index contributed by atoms with van der Waals surface area (Å²) in [5.74, 6) is 0.889. The molecule has 0 fully saturated rings. The Labute approximate surface area is 51.6 Å². The quantitative estimate of drug-likeness (QED) is 0.448. The minimum Gasteiger partial charge on any atom is -0.0819 e. The second-order valence-electron chi connectivity index (χ2n) is 2.79. The van der Waals surface area contributed by atoms with Gasteiger partial charge in [-0.05, 0) is 32.1 Å². The number of allylic oxidation sites excluding steroid dienone is 2. The number of hydrogen-bond donors (Lipinski definition) is 0. The topological polar surface area (TPSA) is 0 Å². The van der Waals surface area contributed by atoms with Crippen LogP contribution >= 0.6 is 0 Å². The summed E-state index contributed by atoms with van der Waals surface area (Å²) in [5.41, 5.74) is 1.53. The Morgan fingerprint density at radius 3 is 2.75 bits per heavy atom. The first kappa shape index (κ1) is 5.87. The van der Waals surface area contributed by atoms with E-state index in [4.69, 9.17) is 0 Å². The Morgan fingerprint density at radius 2 is 2.38 bits per heavy atom. The molecule has 1 radical (unpaired) electrons. The lowest BCUT2D eigenvalue weighted by molar-refractivity contribution is 0.556. The first-order valence-electron chi connectivity index (χ1n) is 3.28. The molecule has 0 nitrogen and oxygen atoms in total. The molecule has 0 N–H and O–H groups in total. The predicted octanol–water partition coefficient (Wildman–Crippen LogP) is 2.57. The third-order valence-corrected chi connectivity index (χ3v) is 1.61. The Bertz CT molecular complexity index is 101. The second kappa shape index (κ2) is 2.34. The van der Waals surface area contributed by atoms with Gasteiger partial charge < -0.3 is 0 Å². The zero-order chi connectivity index (χ0) is 5.98. The summed E-state index contributed by atoms with van der Waals surface area (Å²) in [4.78, 5) is 0. The molecule has 0 heterocycles. The Morgan fingerprint density at radius 1 is 1.62 bits per heavy atom. The highest BCUT2D eigenvalue weighted by Crippen LogP contribution is 2.21. The van der Waals surface area contributed by atoms with Gasteiger partial charge in [0.25, 0.3) is 0 Å². The van der Waals surface area contributed by atoms with E-state index < -0.39 is 0 Å². The second-order valence-corrected chi connectivity index (χ2v) is 2.79. The Balaban J connectivity index is 2.45. The van der Waals surface area contributed by atoms with Gasteiger partial charge in [0.2, 0.25) is 0 Å². The van der Waals surface area contributed by atoms with Gasteiger partial charge in [-0.15, -0.1) is 0 Å². The van der Waals surface area contributed by atoms with Crippen molar-refractivity contribution in [2.75, 3.05) is 0 Å². The molecule has 1 rings (SSSR count). The SMILES string of the molecule is CC1=C[CH]CC(C)C1. The molecule has 1 atom stereocenters. The van der Waals surface area contributed by atoms with Gasteiger partial charge in [-0.25, -0.2) is 0 Å². The smallest absolute Gasteiger partial charge is 0.0165 e. The van der Waals surface area contributed by atoms with Crippen LogP contribution in [0.4, 0.5) is 0 Å². The van der Waals surface area contributed by atoms with E-state index in [0.717, 1.165) is 5.92 Å². The summed E-state index contributed by atoms with van der Waals surface area (Å²) in [6.45, 7) is 4.50. The molecule has 0 bridgehead atoms. The molecular weight excluding hydrogens is 96.1 g/mol. The van der Waals surface area contributed by atoms with Crippen molar-refractivity contribution in [2.45, 2.75) is 26.7 Å². The van der Waals surface area contributed by atoms with Gasteiger partial charge in [-0.2, -0.15) is 0 Å². The Kier molecular flexibility index (Phi) is 1.72. The molecule has 0 saturated heterocycles. The summed E-state index contributed by atoms with van der Waals surface area (Å²) in [6.07, 6.45) is 7.08.